The average molecular weight is 400 g/mol. The van der Waals surface area contributed by atoms with E-state index in [2.05, 4.69) is 10.2 Å². The Kier molecular flexibility index (Phi) is 6.18. The van der Waals surface area contributed by atoms with Crippen molar-refractivity contribution in [3.63, 3.8) is 0 Å². The predicted molar refractivity (Wildman–Crippen MR) is 110 cm³/mol. The summed E-state index contributed by atoms with van der Waals surface area (Å²) in [5.41, 5.74) is 0.932. The van der Waals surface area contributed by atoms with Crippen LogP contribution in [0.4, 0.5) is 17.1 Å². The molecule has 0 aliphatic carbocycles. The highest BCUT2D eigenvalue weighted by atomic mass is 16.6. The van der Waals surface area contributed by atoms with Gasteiger partial charge >= 0.3 is 0 Å². The lowest BCUT2D eigenvalue weighted by Crippen LogP contribution is -2.52. The van der Waals surface area contributed by atoms with E-state index in [1.807, 2.05) is 17.0 Å². The van der Waals surface area contributed by atoms with Gasteiger partial charge in [0.25, 0.3) is 5.69 Å². The first kappa shape index (κ1) is 20.4. The summed E-state index contributed by atoms with van der Waals surface area (Å²) < 4.78 is 5.20. The van der Waals surface area contributed by atoms with Gasteiger partial charge in [-0.1, -0.05) is 12.1 Å². The van der Waals surface area contributed by atoms with Crippen LogP contribution in [0.25, 0.3) is 0 Å². The van der Waals surface area contributed by atoms with Crippen LogP contribution in [0, 0.1) is 10.1 Å². The number of piperazine rings is 1. The number of carbonyl (C=O) groups excluding carboxylic acids is 1. The average Bonchev–Trinajstić information content (AvgIpc) is 2.73. The van der Waals surface area contributed by atoms with Gasteiger partial charge in [-0.3, -0.25) is 19.8 Å². The molecule has 2 aromatic carbocycles. The van der Waals surface area contributed by atoms with Crippen LogP contribution in [0.15, 0.2) is 42.5 Å². The standard InChI is InChI=1S/C20H24N4O5/c1-14(20(26)21-16-13-15(24(27)28)7-8-19(16)29-2)22-9-11-23(12-10-22)17-5-3-4-6-18(17)25/h3-8,13-14,25H,9-12H2,1-2H3,(H,21,26)/t14-/m1/s1. The smallest absolute Gasteiger partial charge is 0.271 e. The molecule has 2 N–H and O–H groups in total. The number of rotatable bonds is 6. The molecule has 0 bridgehead atoms. The number of nitrogens with zero attached hydrogens (tertiary/aromatic N) is 3. The second-order valence-electron chi connectivity index (χ2n) is 6.82. The molecule has 0 saturated carbocycles. The van der Waals surface area contributed by atoms with Gasteiger partial charge in [0.15, 0.2) is 0 Å². The topological polar surface area (TPSA) is 108 Å². The zero-order valence-corrected chi connectivity index (χ0v) is 16.4. The van der Waals surface area contributed by atoms with Crippen LogP contribution in [0.3, 0.4) is 0 Å². The Morgan fingerprint density at radius 1 is 1.21 bits per heavy atom. The first-order valence-electron chi connectivity index (χ1n) is 9.31. The van der Waals surface area contributed by atoms with Gasteiger partial charge in [-0.05, 0) is 25.1 Å². The Bertz CT molecular complexity index is 896. The van der Waals surface area contributed by atoms with Crippen LogP contribution < -0.4 is 15.0 Å². The van der Waals surface area contributed by atoms with E-state index in [1.54, 1.807) is 19.1 Å². The summed E-state index contributed by atoms with van der Waals surface area (Å²) in [5, 5.41) is 23.8. The summed E-state index contributed by atoms with van der Waals surface area (Å²) >= 11 is 0. The van der Waals surface area contributed by atoms with E-state index >= 15 is 0 Å². The summed E-state index contributed by atoms with van der Waals surface area (Å²) in [6.45, 7) is 4.45. The van der Waals surface area contributed by atoms with Gasteiger partial charge in [0.2, 0.25) is 5.91 Å². The Morgan fingerprint density at radius 2 is 1.90 bits per heavy atom. The zero-order chi connectivity index (χ0) is 21.0. The number of amides is 1. The van der Waals surface area contributed by atoms with Gasteiger partial charge in [0.05, 0.1) is 29.4 Å². The van der Waals surface area contributed by atoms with Crippen molar-refractivity contribution >= 4 is 23.0 Å². The van der Waals surface area contributed by atoms with Gasteiger partial charge in [0, 0.05) is 38.3 Å². The highest BCUT2D eigenvalue weighted by molar-refractivity contribution is 5.96. The molecular formula is C20H24N4O5. The largest absolute Gasteiger partial charge is 0.506 e. The first-order chi connectivity index (χ1) is 13.9. The molecule has 0 unspecified atom stereocenters. The third kappa shape index (κ3) is 4.57. The SMILES string of the molecule is COc1ccc([N+](=O)[O-])cc1NC(=O)[C@@H](C)N1CCN(c2ccccc2O)CC1. The number of methoxy groups -OCH3 is 1. The maximum absolute atomic E-state index is 12.7. The predicted octanol–water partition coefficient (Wildman–Crippen LogP) is 2.46. The third-order valence-corrected chi connectivity index (χ3v) is 5.12. The molecule has 29 heavy (non-hydrogen) atoms. The molecule has 0 spiro atoms. The fourth-order valence-electron chi connectivity index (χ4n) is 3.39. The summed E-state index contributed by atoms with van der Waals surface area (Å²) in [6.07, 6.45) is 0. The quantitative estimate of drug-likeness (QED) is 0.566. The lowest BCUT2D eigenvalue weighted by molar-refractivity contribution is -0.384. The monoisotopic (exact) mass is 400 g/mol. The van der Waals surface area contributed by atoms with E-state index in [4.69, 9.17) is 4.74 Å². The molecule has 0 aromatic heterocycles. The fraction of sp³-hybridized carbons (Fsp3) is 0.350. The van der Waals surface area contributed by atoms with E-state index in [-0.39, 0.29) is 23.0 Å². The van der Waals surface area contributed by atoms with Crippen molar-refractivity contribution in [1.29, 1.82) is 0 Å². The summed E-state index contributed by atoms with van der Waals surface area (Å²) in [4.78, 5) is 27.4. The van der Waals surface area contributed by atoms with E-state index in [9.17, 15) is 20.0 Å². The van der Waals surface area contributed by atoms with Gasteiger partial charge < -0.3 is 20.1 Å². The molecule has 1 aliphatic heterocycles. The van der Waals surface area contributed by atoms with Crippen molar-refractivity contribution < 1.29 is 19.6 Å². The maximum Gasteiger partial charge on any atom is 0.271 e. The molecule has 9 nitrogen and oxygen atoms in total. The number of hydrogen-bond acceptors (Lipinski definition) is 7. The number of ether oxygens (including phenoxy) is 1. The molecule has 154 valence electrons. The van der Waals surface area contributed by atoms with Crippen LogP contribution in [-0.2, 0) is 4.79 Å². The van der Waals surface area contributed by atoms with Crippen molar-refractivity contribution in [3.8, 4) is 11.5 Å². The fourth-order valence-corrected chi connectivity index (χ4v) is 3.39. The van der Waals surface area contributed by atoms with Crippen molar-refractivity contribution in [3.05, 3.63) is 52.6 Å². The van der Waals surface area contributed by atoms with Gasteiger partial charge in [-0.2, -0.15) is 0 Å². The molecule has 9 heteroatoms. The third-order valence-electron chi connectivity index (χ3n) is 5.12. The lowest BCUT2D eigenvalue weighted by atomic mass is 10.1. The maximum atomic E-state index is 12.7. The Balaban J connectivity index is 1.64. The lowest BCUT2D eigenvalue weighted by Gasteiger charge is -2.38. The van der Waals surface area contributed by atoms with Crippen LogP contribution in [0.5, 0.6) is 11.5 Å². The zero-order valence-electron chi connectivity index (χ0n) is 16.4. The number of para-hydroxylation sites is 2. The molecule has 1 heterocycles. The highest BCUT2D eigenvalue weighted by Crippen LogP contribution is 2.30. The molecule has 3 rings (SSSR count). The van der Waals surface area contributed by atoms with E-state index in [0.29, 0.717) is 31.9 Å². The normalized spacial score (nSPS) is 15.6. The van der Waals surface area contributed by atoms with E-state index < -0.39 is 11.0 Å². The molecular weight excluding hydrogens is 376 g/mol. The van der Waals surface area contributed by atoms with Crippen molar-refractivity contribution in [2.45, 2.75) is 13.0 Å². The number of nitro benzene ring substituents is 1. The number of phenols is 1. The summed E-state index contributed by atoms with van der Waals surface area (Å²) in [5.74, 6) is 0.338. The number of phenolic OH excluding ortho intramolecular Hbond substituents is 1. The minimum Gasteiger partial charge on any atom is -0.506 e. The number of aromatic hydroxyl groups is 1. The summed E-state index contributed by atoms with van der Waals surface area (Å²) in [6, 6.07) is 10.8. The first-order valence-corrected chi connectivity index (χ1v) is 9.31. The van der Waals surface area contributed by atoms with E-state index in [0.717, 1.165) is 5.69 Å². The van der Waals surface area contributed by atoms with Crippen molar-refractivity contribution in [1.82, 2.24) is 4.90 Å². The van der Waals surface area contributed by atoms with Crippen molar-refractivity contribution in [2.24, 2.45) is 0 Å². The number of hydrogen-bond donors (Lipinski definition) is 2. The number of benzene rings is 2. The number of nitrogens with one attached hydrogen (secondary N) is 1. The second kappa shape index (κ2) is 8.78. The van der Waals surface area contributed by atoms with Crippen LogP contribution in [-0.4, -0.2) is 60.2 Å². The molecule has 2 aromatic rings. The Hall–Kier alpha value is -3.33. The molecule has 0 radical (unpaired) electrons. The Labute approximate surface area is 168 Å². The number of anilines is 2. The molecule has 1 saturated heterocycles. The number of nitro groups is 1. The molecule has 1 atom stereocenters. The van der Waals surface area contributed by atoms with Crippen molar-refractivity contribution in [2.75, 3.05) is 43.5 Å². The van der Waals surface area contributed by atoms with Gasteiger partial charge in [-0.15, -0.1) is 0 Å². The molecule has 1 aliphatic rings. The van der Waals surface area contributed by atoms with Gasteiger partial charge in [0.1, 0.15) is 11.5 Å². The molecule has 1 fully saturated rings. The minimum absolute atomic E-state index is 0.120. The summed E-state index contributed by atoms with van der Waals surface area (Å²) in [7, 11) is 1.44. The van der Waals surface area contributed by atoms with Crippen LogP contribution >= 0.6 is 0 Å². The van der Waals surface area contributed by atoms with Gasteiger partial charge in [-0.25, -0.2) is 0 Å². The molecule has 1 amide bonds. The number of non-ortho nitro benzene ring substituents is 1. The van der Waals surface area contributed by atoms with Crippen LogP contribution in [0.1, 0.15) is 6.92 Å². The number of carbonyl (C=O) groups is 1. The van der Waals surface area contributed by atoms with Crippen LogP contribution in [0.2, 0.25) is 0 Å². The second-order valence-corrected chi connectivity index (χ2v) is 6.82. The minimum atomic E-state index is -0.517. The highest BCUT2D eigenvalue weighted by Gasteiger charge is 2.27. The Morgan fingerprint density at radius 3 is 2.52 bits per heavy atom. The van der Waals surface area contributed by atoms with E-state index in [1.165, 1.54) is 25.3 Å².